The normalized spacial score (nSPS) is 17.6. The summed E-state index contributed by atoms with van der Waals surface area (Å²) in [5, 5.41) is 2.93. The molecule has 0 unspecified atom stereocenters. The number of methoxy groups -OCH3 is 2. The molecule has 0 spiro atoms. The van der Waals surface area contributed by atoms with Crippen LogP contribution in [0.2, 0.25) is 0 Å². The third kappa shape index (κ3) is 6.22. The van der Waals surface area contributed by atoms with Crippen LogP contribution in [0.1, 0.15) is 18.4 Å². The summed E-state index contributed by atoms with van der Waals surface area (Å²) in [6, 6.07) is 21.5. The van der Waals surface area contributed by atoms with Crippen LogP contribution < -0.4 is 24.4 Å². The van der Waals surface area contributed by atoms with Crippen LogP contribution in [0.4, 0.5) is 5.69 Å². The van der Waals surface area contributed by atoms with Crippen molar-refractivity contribution >= 4 is 27.5 Å². The van der Waals surface area contributed by atoms with Gasteiger partial charge in [0.05, 0.1) is 31.3 Å². The van der Waals surface area contributed by atoms with Crippen LogP contribution >= 0.6 is 0 Å². The highest BCUT2D eigenvalue weighted by molar-refractivity contribution is 7.89. The minimum atomic E-state index is -3.79. The first-order valence-corrected chi connectivity index (χ1v) is 15.4. The number of hydrogen-bond donors (Lipinski definition) is 1. The van der Waals surface area contributed by atoms with E-state index in [1.54, 1.807) is 29.2 Å². The zero-order valence-electron chi connectivity index (χ0n) is 23.7. The van der Waals surface area contributed by atoms with Crippen molar-refractivity contribution in [2.75, 3.05) is 45.3 Å². The summed E-state index contributed by atoms with van der Waals surface area (Å²) in [4.78, 5) is 28.6. The maximum Gasteiger partial charge on any atom is 0.262 e. The van der Waals surface area contributed by atoms with Gasteiger partial charge in [-0.25, -0.2) is 8.42 Å². The number of carbonyl (C=O) groups excluding carboxylic acids is 2. The van der Waals surface area contributed by atoms with E-state index in [0.717, 1.165) is 5.56 Å². The summed E-state index contributed by atoms with van der Waals surface area (Å²) < 4.78 is 44.6. The first-order chi connectivity index (χ1) is 20.3. The number of hydrogen-bond acceptors (Lipinski definition) is 7. The van der Waals surface area contributed by atoms with Crippen molar-refractivity contribution < 1.29 is 32.2 Å². The Morgan fingerprint density at radius 2 is 1.62 bits per heavy atom. The van der Waals surface area contributed by atoms with E-state index >= 15 is 0 Å². The van der Waals surface area contributed by atoms with Crippen molar-refractivity contribution in [1.29, 1.82) is 0 Å². The standard InChI is InChI=1S/C31H35N3O7S/c1-39-27-13-12-24(20-28(27)40-2)42(37,38)33-18-15-23(16-19-33)31(36)34-21-29(41-26-11-7-6-10-25(26)34)30(35)32-17-14-22-8-4-3-5-9-22/h3-13,20,23,29H,14-19,21H2,1-2H3,(H,32,35)/t29-/m1/s1. The van der Waals surface area contributed by atoms with Gasteiger partial charge in [0, 0.05) is 31.6 Å². The van der Waals surface area contributed by atoms with Crippen molar-refractivity contribution in [1.82, 2.24) is 9.62 Å². The molecule has 2 aliphatic rings. The topological polar surface area (TPSA) is 114 Å². The Kier molecular flexibility index (Phi) is 8.98. The van der Waals surface area contributed by atoms with Gasteiger partial charge in [0.1, 0.15) is 5.75 Å². The summed E-state index contributed by atoms with van der Waals surface area (Å²) >= 11 is 0. The highest BCUT2D eigenvalue weighted by atomic mass is 32.2. The van der Waals surface area contributed by atoms with Crippen LogP contribution in [0.5, 0.6) is 17.2 Å². The van der Waals surface area contributed by atoms with E-state index in [9.17, 15) is 18.0 Å². The lowest BCUT2D eigenvalue weighted by atomic mass is 9.95. The van der Waals surface area contributed by atoms with Gasteiger partial charge in [-0.2, -0.15) is 4.31 Å². The number of fused-ring (bicyclic) bond motifs is 1. The molecule has 2 amide bonds. The Labute approximate surface area is 246 Å². The van der Waals surface area contributed by atoms with Gasteiger partial charge in [-0.3, -0.25) is 9.59 Å². The van der Waals surface area contributed by atoms with E-state index in [-0.39, 0.29) is 36.3 Å². The second-order valence-electron chi connectivity index (χ2n) is 10.2. The average Bonchev–Trinajstić information content (AvgIpc) is 3.04. The van der Waals surface area contributed by atoms with E-state index in [4.69, 9.17) is 14.2 Å². The number of sulfonamides is 1. The first kappa shape index (κ1) is 29.4. The third-order valence-electron chi connectivity index (χ3n) is 7.68. The molecule has 3 aromatic rings. The van der Waals surface area contributed by atoms with Crippen LogP contribution in [-0.4, -0.2) is 71.0 Å². The fraction of sp³-hybridized carbons (Fsp3) is 0.355. The van der Waals surface area contributed by atoms with Crippen LogP contribution in [0.25, 0.3) is 0 Å². The van der Waals surface area contributed by atoms with Crippen LogP contribution in [0.15, 0.2) is 77.7 Å². The predicted molar refractivity (Wildman–Crippen MR) is 157 cm³/mol. The van der Waals surface area contributed by atoms with Crippen LogP contribution in [0, 0.1) is 5.92 Å². The number of carbonyl (C=O) groups is 2. The van der Waals surface area contributed by atoms with Crippen molar-refractivity contribution in [2.24, 2.45) is 5.92 Å². The molecule has 0 aromatic heterocycles. The molecule has 3 aromatic carbocycles. The molecule has 0 saturated carbocycles. The quantitative estimate of drug-likeness (QED) is 0.405. The zero-order chi connectivity index (χ0) is 29.7. The van der Waals surface area contributed by atoms with Crippen molar-refractivity contribution in [3.05, 3.63) is 78.4 Å². The summed E-state index contributed by atoms with van der Waals surface area (Å²) in [6.45, 7) is 0.924. The molecule has 1 saturated heterocycles. The molecule has 5 rings (SSSR count). The van der Waals surface area contributed by atoms with Crippen LogP contribution in [-0.2, 0) is 26.0 Å². The second-order valence-corrected chi connectivity index (χ2v) is 12.2. The molecule has 1 fully saturated rings. The van der Waals surface area contributed by atoms with Gasteiger partial charge in [0.15, 0.2) is 17.6 Å². The smallest absolute Gasteiger partial charge is 0.262 e. The highest BCUT2D eigenvalue weighted by Gasteiger charge is 2.39. The predicted octanol–water partition coefficient (Wildman–Crippen LogP) is 3.26. The maximum atomic E-state index is 13.8. The fourth-order valence-electron chi connectivity index (χ4n) is 5.36. The molecule has 222 valence electrons. The van der Waals surface area contributed by atoms with Crippen molar-refractivity contribution in [2.45, 2.75) is 30.3 Å². The minimum Gasteiger partial charge on any atom is -0.493 e. The second kappa shape index (κ2) is 12.8. The van der Waals surface area contributed by atoms with Gasteiger partial charge in [-0.15, -0.1) is 0 Å². The van der Waals surface area contributed by atoms with E-state index in [2.05, 4.69) is 5.32 Å². The zero-order valence-corrected chi connectivity index (χ0v) is 24.5. The molecular formula is C31H35N3O7S. The SMILES string of the molecule is COc1ccc(S(=O)(=O)N2CCC(C(=O)N3C[C@H](C(=O)NCCc4ccccc4)Oc4ccccc43)CC2)cc1OC. The fourth-order valence-corrected chi connectivity index (χ4v) is 6.84. The summed E-state index contributed by atoms with van der Waals surface area (Å²) in [5.74, 6) is 0.414. The van der Waals surface area contributed by atoms with Gasteiger partial charge in [-0.1, -0.05) is 42.5 Å². The molecule has 42 heavy (non-hydrogen) atoms. The summed E-state index contributed by atoms with van der Waals surface area (Å²) in [5.41, 5.74) is 1.72. The minimum absolute atomic E-state index is 0.0805. The molecule has 0 bridgehead atoms. The lowest BCUT2D eigenvalue weighted by Crippen LogP contribution is -2.53. The molecule has 2 aliphatic heterocycles. The van der Waals surface area contributed by atoms with Crippen molar-refractivity contribution in [3.63, 3.8) is 0 Å². The molecule has 11 heteroatoms. The number of nitrogens with one attached hydrogen (secondary N) is 1. The molecule has 2 heterocycles. The number of anilines is 1. The third-order valence-corrected chi connectivity index (χ3v) is 9.58. The van der Waals surface area contributed by atoms with Crippen LogP contribution in [0.3, 0.4) is 0 Å². The van der Waals surface area contributed by atoms with Gasteiger partial charge in [0.2, 0.25) is 15.9 Å². The number of para-hydroxylation sites is 2. The van der Waals surface area contributed by atoms with E-state index in [1.165, 1.54) is 30.7 Å². The number of benzene rings is 3. The molecule has 10 nitrogen and oxygen atoms in total. The van der Waals surface area contributed by atoms with Crippen molar-refractivity contribution in [3.8, 4) is 17.2 Å². The van der Waals surface area contributed by atoms with Gasteiger partial charge in [-0.05, 0) is 49.1 Å². The summed E-state index contributed by atoms with van der Waals surface area (Å²) in [7, 11) is -0.851. The molecule has 0 radical (unpaired) electrons. The Morgan fingerprint density at radius 3 is 2.33 bits per heavy atom. The Hall–Kier alpha value is -4.09. The molecule has 0 aliphatic carbocycles. The van der Waals surface area contributed by atoms with Gasteiger partial charge >= 0.3 is 0 Å². The number of nitrogens with zero attached hydrogens (tertiary/aromatic N) is 2. The number of piperidine rings is 1. The largest absolute Gasteiger partial charge is 0.493 e. The maximum absolute atomic E-state index is 13.8. The molecule has 1 atom stereocenters. The Bertz CT molecular complexity index is 1520. The lowest BCUT2D eigenvalue weighted by molar-refractivity contribution is -0.129. The number of rotatable bonds is 9. The first-order valence-electron chi connectivity index (χ1n) is 13.9. The van der Waals surface area contributed by atoms with E-state index in [0.29, 0.717) is 48.7 Å². The number of ether oxygens (including phenoxy) is 3. The Balaban J connectivity index is 1.24. The Morgan fingerprint density at radius 1 is 0.929 bits per heavy atom. The number of amides is 2. The summed E-state index contributed by atoms with van der Waals surface area (Å²) in [6.07, 6.45) is 0.547. The van der Waals surface area contributed by atoms with Gasteiger partial charge in [0.25, 0.3) is 5.91 Å². The molecular weight excluding hydrogens is 558 g/mol. The monoisotopic (exact) mass is 593 g/mol. The van der Waals surface area contributed by atoms with E-state index in [1.807, 2.05) is 36.4 Å². The average molecular weight is 594 g/mol. The lowest BCUT2D eigenvalue weighted by Gasteiger charge is -2.38. The van der Waals surface area contributed by atoms with Gasteiger partial charge < -0.3 is 24.4 Å². The molecule has 1 N–H and O–H groups in total. The highest BCUT2D eigenvalue weighted by Crippen LogP contribution is 2.36. The van der Waals surface area contributed by atoms with E-state index < -0.39 is 22.0 Å².